The van der Waals surface area contributed by atoms with Gasteiger partial charge in [0, 0.05) is 34.1 Å². The standard InChI is InChI=1S/C37H41ClN6O6S2/c1-20-23(10-8-12-25(20)41-32(45)34-39-21(2)29(51-34)18-43-16-6-4-14-27(43)36(47)48)24-11-9-13-26(31(24)38)42-33(46)35-40-22(3)30(52-35)19-44-17-7-5-15-28(44)37(49)50/h8-13,27-28H,4-7,14-19H2,1-3H3,(H,41,45)(H,42,46)(H,47,48)(H,49,50)/t27-,28-/m0/s1. The topological polar surface area (TPSA) is 165 Å². The van der Waals surface area contributed by atoms with Gasteiger partial charge >= 0.3 is 11.9 Å². The van der Waals surface area contributed by atoms with Crippen LogP contribution in [-0.2, 0) is 22.7 Å². The van der Waals surface area contributed by atoms with E-state index in [9.17, 15) is 29.4 Å². The number of piperidine rings is 2. The zero-order chi connectivity index (χ0) is 37.1. The number of thiazole rings is 2. The second-order valence-electron chi connectivity index (χ2n) is 13.2. The van der Waals surface area contributed by atoms with E-state index in [1.165, 1.54) is 22.7 Å². The first-order valence-corrected chi connectivity index (χ1v) is 19.3. The van der Waals surface area contributed by atoms with E-state index in [-0.39, 0.29) is 10.9 Å². The second-order valence-corrected chi connectivity index (χ2v) is 15.8. The van der Waals surface area contributed by atoms with Gasteiger partial charge in [-0.3, -0.25) is 29.0 Å². The Kier molecular flexibility index (Phi) is 11.7. The molecule has 6 rings (SSSR count). The Morgan fingerprint density at radius 3 is 1.69 bits per heavy atom. The monoisotopic (exact) mass is 764 g/mol. The van der Waals surface area contributed by atoms with Crippen molar-refractivity contribution in [2.75, 3.05) is 23.7 Å². The highest BCUT2D eigenvalue weighted by molar-refractivity contribution is 7.14. The maximum absolute atomic E-state index is 13.4. The fourth-order valence-electron chi connectivity index (χ4n) is 6.88. The van der Waals surface area contributed by atoms with Crippen molar-refractivity contribution < 1.29 is 29.4 Å². The molecular formula is C37H41ClN6O6S2. The number of anilines is 2. The molecule has 0 aliphatic carbocycles. The number of likely N-dealkylation sites (tertiary alicyclic amines) is 2. The first-order valence-electron chi connectivity index (χ1n) is 17.3. The number of carboxylic acid groups (broad SMARTS) is 2. The Bertz CT molecular complexity index is 1870. The Balaban J connectivity index is 1.15. The number of aromatic nitrogens is 2. The SMILES string of the molecule is Cc1nc(C(=O)Nc2cccc(-c3cccc(NC(=O)c4nc(C)c(CN5CCCC[C@H]5C(=O)O)s4)c3Cl)c2C)sc1CN1CCCC[C@H]1C(=O)O. The Morgan fingerprint density at radius 1 is 0.731 bits per heavy atom. The number of hydrogen-bond acceptors (Lipinski definition) is 10. The van der Waals surface area contributed by atoms with E-state index in [1.54, 1.807) is 18.2 Å². The van der Waals surface area contributed by atoms with E-state index < -0.39 is 29.9 Å². The summed E-state index contributed by atoms with van der Waals surface area (Å²) in [6.07, 6.45) is 4.85. The van der Waals surface area contributed by atoms with Crippen LogP contribution in [0.4, 0.5) is 11.4 Å². The van der Waals surface area contributed by atoms with Gasteiger partial charge in [0.2, 0.25) is 0 Å². The molecule has 0 spiro atoms. The summed E-state index contributed by atoms with van der Waals surface area (Å²) in [7, 11) is 0. The highest BCUT2D eigenvalue weighted by Crippen LogP contribution is 2.38. The predicted molar refractivity (Wildman–Crippen MR) is 203 cm³/mol. The van der Waals surface area contributed by atoms with Crippen LogP contribution >= 0.6 is 34.3 Å². The van der Waals surface area contributed by atoms with Gasteiger partial charge in [0.1, 0.15) is 12.1 Å². The molecule has 2 aliphatic rings. The van der Waals surface area contributed by atoms with Crippen molar-refractivity contribution >= 4 is 69.4 Å². The van der Waals surface area contributed by atoms with E-state index >= 15 is 0 Å². The number of nitrogens with zero attached hydrogens (tertiary/aromatic N) is 4. The number of aliphatic carboxylic acids is 2. The second kappa shape index (κ2) is 16.2. The first kappa shape index (κ1) is 37.5. The van der Waals surface area contributed by atoms with Crippen molar-refractivity contribution in [1.82, 2.24) is 19.8 Å². The number of amides is 2. The van der Waals surface area contributed by atoms with Gasteiger partial charge in [-0.2, -0.15) is 0 Å². The summed E-state index contributed by atoms with van der Waals surface area (Å²) >= 11 is 9.43. The number of rotatable bonds is 11. The molecule has 0 saturated carbocycles. The lowest BCUT2D eigenvalue weighted by Gasteiger charge is -2.32. The summed E-state index contributed by atoms with van der Waals surface area (Å²) in [5, 5.41) is 26.1. The molecule has 52 heavy (non-hydrogen) atoms. The third-order valence-corrected chi connectivity index (χ3v) is 12.5. The van der Waals surface area contributed by atoms with Gasteiger partial charge in [-0.15, -0.1) is 22.7 Å². The molecule has 2 aromatic carbocycles. The Labute approximate surface area is 314 Å². The molecule has 2 amide bonds. The zero-order valence-corrected chi connectivity index (χ0v) is 31.6. The van der Waals surface area contributed by atoms with Crippen molar-refractivity contribution in [1.29, 1.82) is 0 Å². The van der Waals surface area contributed by atoms with Crippen molar-refractivity contribution in [3.8, 4) is 11.1 Å². The fourth-order valence-corrected chi connectivity index (χ4v) is 9.13. The quantitative estimate of drug-likeness (QED) is 0.123. The Morgan fingerprint density at radius 2 is 1.19 bits per heavy atom. The minimum absolute atomic E-state index is 0.261. The van der Waals surface area contributed by atoms with Crippen LogP contribution in [-0.4, -0.2) is 78.9 Å². The number of carboxylic acids is 2. The summed E-state index contributed by atoms with van der Waals surface area (Å²) in [5.74, 6) is -2.44. The third-order valence-electron chi connectivity index (χ3n) is 9.78. The van der Waals surface area contributed by atoms with Crippen LogP contribution in [0.2, 0.25) is 5.02 Å². The average Bonchev–Trinajstić information content (AvgIpc) is 3.68. The van der Waals surface area contributed by atoms with Crippen LogP contribution in [0.5, 0.6) is 0 Å². The zero-order valence-electron chi connectivity index (χ0n) is 29.2. The molecule has 2 aliphatic heterocycles. The van der Waals surface area contributed by atoms with E-state index in [2.05, 4.69) is 20.6 Å². The first-order chi connectivity index (χ1) is 24.9. The maximum atomic E-state index is 13.4. The number of halogens is 1. The molecule has 0 bridgehead atoms. The lowest BCUT2D eigenvalue weighted by Crippen LogP contribution is -2.43. The average molecular weight is 765 g/mol. The fraction of sp³-hybridized carbons (Fsp3) is 0.405. The van der Waals surface area contributed by atoms with Crippen molar-refractivity contribution in [3.63, 3.8) is 0 Å². The molecule has 274 valence electrons. The van der Waals surface area contributed by atoms with Crippen LogP contribution in [0, 0.1) is 20.8 Å². The molecule has 0 unspecified atom stereocenters. The van der Waals surface area contributed by atoms with Crippen LogP contribution in [0.25, 0.3) is 11.1 Å². The van der Waals surface area contributed by atoms with E-state index in [0.29, 0.717) is 77.4 Å². The molecule has 12 nitrogen and oxygen atoms in total. The highest BCUT2D eigenvalue weighted by atomic mass is 35.5. The van der Waals surface area contributed by atoms with Crippen molar-refractivity contribution in [3.05, 3.63) is 78.1 Å². The smallest absolute Gasteiger partial charge is 0.320 e. The molecule has 0 radical (unpaired) electrons. The maximum Gasteiger partial charge on any atom is 0.320 e. The number of carbonyl (C=O) groups excluding carboxylic acids is 2. The third kappa shape index (κ3) is 8.21. The molecule has 2 fully saturated rings. The predicted octanol–water partition coefficient (Wildman–Crippen LogP) is 7.23. The largest absolute Gasteiger partial charge is 0.480 e. The summed E-state index contributed by atoms with van der Waals surface area (Å²) in [5.41, 5.74) is 4.58. The van der Waals surface area contributed by atoms with Gasteiger partial charge < -0.3 is 20.8 Å². The lowest BCUT2D eigenvalue weighted by molar-refractivity contribution is -0.145. The normalized spacial score (nSPS) is 18.2. The summed E-state index contributed by atoms with van der Waals surface area (Å²) in [4.78, 5) is 65.0. The lowest BCUT2D eigenvalue weighted by atomic mass is 9.98. The molecule has 4 N–H and O–H groups in total. The number of hydrogen-bond donors (Lipinski definition) is 4. The molecule has 4 heterocycles. The Hall–Kier alpha value is -4.21. The molecule has 4 aromatic rings. The van der Waals surface area contributed by atoms with Gasteiger partial charge in [0.05, 0.1) is 22.1 Å². The number of carbonyl (C=O) groups is 4. The number of aryl methyl sites for hydroxylation is 2. The van der Waals surface area contributed by atoms with Crippen molar-refractivity contribution in [2.24, 2.45) is 0 Å². The summed E-state index contributed by atoms with van der Waals surface area (Å²) in [6, 6.07) is 9.77. The number of nitrogens with one attached hydrogen (secondary N) is 2. The van der Waals surface area contributed by atoms with Crippen LogP contribution in [0.15, 0.2) is 36.4 Å². The summed E-state index contributed by atoms with van der Waals surface area (Å²) < 4.78 is 0. The van der Waals surface area contributed by atoms with Gasteiger partial charge in [-0.05, 0) is 82.8 Å². The van der Waals surface area contributed by atoms with Crippen molar-refractivity contribution in [2.45, 2.75) is 84.5 Å². The highest BCUT2D eigenvalue weighted by Gasteiger charge is 2.31. The van der Waals surface area contributed by atoms with Crippen LogP contribution < -0.4 is 10.6 Å². The van der Waals surface area contributed by atoms with Gasteiger partial charge in [0.15, 0.2) is 10.0 Å². The van der Waals surface area contributed by atoms with Gasteiger partial charge in [0.25, 0.3) is 11.8 Å². The molecule has 2 aromatic heterocycles. The van der Waals surface area contributed by atoms with Crippen LogP contribution in [0.1, 0.15) is 84.8 Å². The molecule has 2 atom stereocenters. The van der Waals surface area contributed by atoms with E-state index in [1.807, 2.05) is 48.8 Å². The molecular weight excluding hydrogens is 724 g/mol. The van der Waals surface area contributed by atoms with E-state index in [0.717, 1.165) is 46.6 Å². The van der Waals surface area contributed by atoms with Crippen LogP contribution in [0.3, 0.4) is 0 Å². The number of benzene rings is 2. The van der Waals surface area contributed by atoms with Gasteiger partial charge in [-0.1, -0.05) is 48.7 Å². The van der Waals surface area contributed by atoms with E-state index in [4.69, 9.17) is 11.6 Å². The minimum Gasteiger partial charge on any atom is -0.480 e. The van der Waals surface area contributed by atoms with Gasteiger partial charge in [-0.25, -0.2) is 9.97 Å². The minimum atomic E-state index is -0.831. The molecule has 2 saturated heterocycles. The summed E-state index contributed by atoms with van der Waals surface area (Å²) in [6.45, 7) is 7.77. The molecule has 15 heteroatoms.